The van der Waals surface area contributed by atoms with E-state index in [1.807, 2.05) is 13.2 Å². The summed E-state index contributed by atoms with van der Waals surface area (Å²) in [5, 5.41) is 6.95. The topological polar surface area (TPSA) is 108 Å². The largest absolute Gasteiger partial charge is 0.495 e. The van der Waals surface area contributed by atoms with E-state index < -0.39 is 0 Å². The minimum absolute atomic E-state index is 0.309. The van der Waals surface area contributed by atoms with Gasteiger partial charge < -0.3 is 30.9 Å². The van der Waals surface area contributed by atoms with Crippen LogP contribution in [0.25, 0.3) is 22.2 Å². The molecule has 1 aliphatic carbocycles. The molecular formula is C33H49N9O. The number of nitrogens with two attached hydrogens (primary N) is 1. The highest BCUT2D eigenvalue weighted by atomic mass is 16.5. The average Bonchev–Trinajstić information content (AvgIpc) is 3.05. The number of piperidine rings is 1. The minimum Gasteiger partial charge on any atom is -0.495 e. The molecule has 6 rings (SSSR count). The number of nitrogens with one attached hydrogen (secondary N) is 2. The molecule has 3 aliphatic rings. The second kappa shape index (κ2) is 13.2. The van der Waals surface area contributed by atoms with E-state index in [0.29, 0.717) is 18.1 Å². The number of piperazine rings is 1. The predicted molar refractivity (Wildman–Crippen MR) is 176 cm³/mol. The number of rotatable bonds is 8. The van der Waals surface area contributed by atoms with Crippen molar-refractivity contribution in [1.29, 1.82) is 0 Å². The number of pyridine rings is 1. The number of hydrogen-bond acceptors (Lipinski definition) is 10. The second-order valence-corrected chi connectivity index (χ2v) is 12.5. The first-order valence-electron chi connectivity index (χ1n) is 16.2. The van der Waals surface area contributed by atoms with Gasteiger partial charge in [-0.1, -0.05) is 13.0 Å². The van der Waals surface area contributed by atoms with Gasteiger partial charge in [0.25, 0.3) is 0 Å². The Morgan fingerprint density at radius 3 is 2.35 bits per heavy atom. The average molecular weight is 588 g/mol. The van der Waals surface area contributed by atoms with Gasteiger partial charge in [0.15, 0.2) is 5.82 Å². The third-order valence-electron chi connectivity index (χ3n) is 9.80. The van der Waals surface area contributed by atoms with Crippen molar-refractivity contribution in [1.82, 2.24) is 24.8 Å². The Morgan fingerprint density at radius 2 is 1.67 bits per heavy atom. The fourth-order valence-corrected chi connectivity index (χ4v) is 7.05. The zero-order chi connectivity index (χ0) is 29.9. The van der Waals surface area contributed by atoms with Crippen molar-refractivity contribution in [3.63, 3.8) is 0 Å². The standard InChI is InChI=1S/C33H49N9O/c1-5-27-32(37-24-9-7-23(34)8-10-24)39-30-26(21-36-33(35-2)31(30)38-27)22-6-11-28(29(20-22)43-4)42-14-12-25(13-15-42)41-18-16-40(3)17-19-41/h6,11,20-21,23-25H,5,7-10,12-19,34H2,1-4H3,(H,35,36)(H,37,39). The number of ether oxygens (including phenoxy) is 1. The van der Waals surface area contributed by atoms with Gasteiger partial charge in [0.2, 0.25) is 0 Å². The van der Waals surface area contributed by atoms with Crippen LogP contribution >= 0.6 is 0 Å². The normalized spacial score (nSPS) is 22.6. The molecule has 0 radical (unpaired) electrons. The summed E-state index contributed by atoms with van der Waals surface area (Å²) in [6.45, 7) is 8.92. The number of fused-ring (bicyclic) bond motifs is 1. The number of likely N-dealkylation sites (N-methyl/N-ethyl adjacent to an activating group) is 1. The van der Waals surface area contributed by atoms with E-state index >= 15 is 0 Å². The van der Waals surface area contributed by atoms with Crippen LogP contribution in [-0.2, 0) is 6.42 Å². The molecule has 2 aliphatic heterocycles. The molecule has 0 unspecified atom stereocenters. The van der Waals surface area contributed by atoms with Gasteiger partial charge in [-0.2, -0.15) is 0 Å². The van der Waals surface area contributed by atoms with Crippen LogP contribution in [0, 0.1) is 0 Å². The van der Waals surface area contributed by atoms with E-state index in [2.05, 4.69) is 57.5 Å². The zero-order valence-corrected chi connectivity index (χ0v) is 26.4. The number of aromatic nitrogens is 3. The number of nitrogens with zero attached hydrogens (tertiary/aromatic N) is 6. The third-order valence-corrected chi connectivity index (χ3v) is 9.80. The first-order chi connectivity index (χ1) is 21.0. The summed E-state index contributed by atoms with van der Waals surface area (Å²) in [7, 11) is 5.88. The number of anilines is 3. The van der Waals surface area contributed by atoms with Gasteiger partial charge in [-0.05, 0) is 69.7 Å². The molecule has 0 atom stereocenters. The number of aryl methyl sites for hydroxylation is 1. The van der Waals surface area contributed by atoms with Crippen LogP contribution in [0.2, 0.25) is 0 Å². The Morgan fingerprint density at radius 1 is 0.930 bits per heavy atom. The Balaban J connectivity index is 1.27. The van der Waals surface area contributed by atoms with Gasteiger partial charge in [0.1, 0.15) is 22.6 Å². The summed E-state index contributed by atoms with van der Waals surface area (Å²) in [6.07, 6.45) is 9.27. The molecule has 232 valence electrons. The molecule has 10 heteroatoms. The Hall–Kier alpha value is -3.21. The highest BCUT2D eigenvalue weighted by molar-refractivity contribution is 5.98. The van der Waals surface area contributed by atoms with E-state index in [1.165, 1.54) is 39.0 Å². The molecular weight excluding hydrogens is 538 g/mol. The first kappa shape index (κ1) is 29.8. The molecule has 0 bridgehead atoms. The summed E-state index contributed by atoms with van der Waals surface area (Å²) in [5.74, 6) is 2.50. The van der Waals surface area contributed by atoms with Crippen molar-refractivity contribution in [2.24, 2.45) is 5.73 Å². The van der Waals surface area contributed by atoms with Crippen molar-refractivity contribution in [3.8, 4) is 16.9 Å². The number of methoxy groups -OCH3 is 1. The van der Waals surface area contributed by atoms with Crippen LogP contribution in [0.4, 0.5) is 17.3 Å². The van der Waals surface area contributed by atoms with Crippen LogP contribution in [0.5, 0.6) is 5.75 Å². The lowest BCUT2D eigenvalue weighted by Gasteiger charge is -2.42. The van der Waals surface area contributed by atoms with Gasteiger partial charge >= 0.3 is 0 Å². The van der Waals surface area contributed by atoms with E-state index in [-0.39, 0.29) is 0 Å². The second-order valence-electron chi connectivity index (χ2n) is 12.5. The minimum atomic E-state index is 0.309. The Labute approximate surface area is 256 Å². The van der Waals surface area contributed by atoms with Gasteiger partial charge in [-0.3, -0.25) is 4.90 Å². The number of hydrogen-bond donors (Lipinski definition) is 3. The van der Waals surface area contributed by atoms with Gasteiger partial charge in [0, 0.05) is 76.2 Å². The summed E-state index contributed by atoms with van der Waals surface area (Å²) < 4.78 is 5.99. The molecule has 43 heavy (non-hydrogen) atoms. The van der Waals surface area contributed by atoms with E-state index in [0.717, 1.165) is 96.1 Å². The summed E-state index contributed by atoms with van der Waals surface area (Å²) in [6, 6.07) is 7.89. The fraction of sp³-hybridized carbons (Fsp3) is 0.606. The zero-order valence-electron chi connectivity index (χ0n) is 26.4. The molecule has 4 heterocycles. The lowest BCUT2D eigenvalue weighted by Crippen LogP contribution is -2.52. The Kier molecular flexibility index (Phi) is 9.16. The SMILES string of the molecule is CCc1nc2c(NC)ncc(-c3ccc(N4CCC(N5CCN(C)CC5)CC4)c(OC)c3)c2nc1NC1CCC(N)CC1. The maximum absolute atomic E-state index is 6.17. The van der Waals surface area contributed by atoms with Crippen molar-refractivity contribution in [3.05, 3.63) is 30.1 Å². The fourth-order valence-electron chi connectivity index (χ4n) is 7.05. The lowest BCUT2D eigenvalue weighted by molar-refractivity contribution is 0.0981. The van der Waals surface area contributed by atoms with Crippen LogP contribution in [0.3, 0.4) is 0 Å². The van der Waals surface area contributed by atoms with Crippen molar-refractivity contribution < 1.29 is 4.74 Å². The first-order valence-corrected chi connectivity index (χ1v) is 16.2. The van der Waals surface area contributed by atoms with Gasteiger partial charge in [-0.15, -0.1) is 0 Å². The van der Waals surface area contributed by atoms with Gasteiger partial charge in [-0.25, -0.2) is 15.0 Å². The molecule has 3 fully saturated rings. The van der Waals surface area contributed by atoms with Crippen molar-refractivity contribution >= 4 is 28.4 Å². The molecule has 2 aromatic heterocycles. The third kappa shape index (κ3) is 6.37. The summed E-state index contributed by atoms with van der Waals surface area (Å²) in [4.78, 5) is 22.7. The van der Waals surface area contributed by atoms with Crippen molar-refractivity contribution in [2.45, 2.75) is 70.0 Å². The van der Waals surface area contributed by atoms with E-state index in [9.17, 15) is 0 Å². The summed E-state index contributed by atoms with van der Waals surface area (Å²) >= 11 is 0. The molecule has 1 saturated carbocycles. The molecule has 4 N–H and O–H groups in total. The predicted octanol–water partition coefficient (Wildman–Crippen LogP) is 4.20. The maximum atomic E-state index is 6.17. The van der Waals surface area contributed by atoms with Crippen LogP contribution in [0.15, 0.2) is 24.4 Å². The molecule has 0 amide bonds. The van der Waals surface area contributed by atoms with Crippen molar-refractivity contribution in [2.75, 3.05) is 76.0 Å². The Bertz CT molecular complexity index is 1390. The van der Waals surface area contributed by atoms with Crippen LogP contribution in [0.1, 0.15) is 51.1 Å². The lowest BCUT2D eigenvalue weighted by atomic mass is 9.92. The summed E-state index contributed by atoms with van der Waals surface area (Å²) in [5.41, 5.74) is 11.9. The molecule has 2 saturated heterocycles. The number of benzene rings is 1. The van der Waals surface area contributed by atoms with E-state index in [4.69, 9.17) is 25.4 Å². The maximum Gasteiger partial charge on any atom is 0.153 e. The molecule has 0 spiro atoms. The van der Waals surface area contributed by atoms with Gasteiger partial charge in [0.05, 0.1) is 18.5 Å². The quantitative estimate of drug-likeness (QED) is 0.355. The highest BCUT2D eigenvalue weighted by Gasteiger charge is 2.28. The molecule has 3 aromatic rings. The van der Waals surface area contributed by atoms with Crippen LogP contribution in [-0.4, -0.2) is 103 Å². The molecule has 10 nitrogen and oxygen atoms in total. The highest BCUT2D eigenvalue weighted by Crippen LogP contribution is 2.38. The smallest absolute Gasteiger partial charge is 0.153 e. The molecule has 1 aromatic carbocycles. The monoisotopic (exact) mass is 587 g/mol. The van der Waals surface area contributed by atoms with E-state index in [1.54, 1.807) is 7.11 Å². The van der Waals surface area contributed by atoms with Crippen LogP contribution < -0.4 is 26.0 Å².